The molecule has 4 aromatic heterocycles. The SMILES string of the molecule is C1=Nc2ccccc2C1.Cc1c[nH+]c[nH]1.Cc1c[nH]c[n+]1C.Cc1cccc(C)c1.Cc1ccccc1.Cc1ccccc1C.Cc1ccccc1[NH3+].Cc1cnc[nH]1.N.P=S.[2H]S.[CH3-].[NH4+].c1ccc2[nH]ccc2c1.c1ccc2c(c1)CCN2. The van der Waals surface area contributed by atoms with Crippen LogP contribution in [0.15, 0.2) is 231 Å². The van der Waals surface area contributed by atoms with Gasteiger partial charge in [0.15, 0.2) is 0 Å². The quantitative estimate of drug-likeness (QED) is 0.0422. The molecule has 0 saturated carbocycles. The molecule has 0 radical (unpaired) electrons. The van der Waals surface area contributed by atoms with Crippen LogP contribution in [0.2, 0.25) is 0 Å². The third-order valence-corrected chi connectivity index (χ3v) is 12.0. The summed E-state index contributed by atoms with van der Waals surface area (Å²) in [4.78, 5) is 22.7. The van der Waals surface area contributed by atoms with Crippen LogP contribution in [0.25, 0.3) is 10.9 Å². The Kier molecular flexibility index (Phi) is 42.0. The van der Waals surface area contributed by atoms with E-state index in [2.05, 4.69) is 243 Å². The van der Waals surface area contributed by atoms with Crippen molar-refractivity contribution in [3.05, 3.63) is 295 Å². The number of H-pyrrole nitrogens is 5. The largest absolute Gasteiger partial charge is 0.384 e. The van der Waals surface area contributed by atoms with E-state index in [0.29, 0.717) is 0 Å². The van der Waals surface area contributed by atoms with Crippen LogP contribution in [-0.4, -0.2) is 38.8 Å². The number of quaternary nitrogens is 2. The van der Waals surface area contributed by atoms with Crippen molar-refractivity contribution in [1.82, 2.24) is 37.2 Å². The molecule has 0 spiro atoms. The van der Waals surface area contributed by atoms with Crippen molar-refractivity contribution in [2.24, 2.45) is 12.0 Å². The molecule has 15 heteroatoms. The van der Waals surface area contributed by atoms with Gasteiger partial charge in [-0.25, -0.2) is 19.5 Å². The fraction of sp³-hybridized carbons (Fsp3) is 0.191. The lowest BCUT2D eigenvalue weighted by Gasteiger charge is -1.94. The average Bonchev–Trinajstić information content (AvgIpc) is 4.46. The first kappa shape index (κ1) is 74.9. The van der Waals surface area contributed by atoms with Gasteiger partial charge in [0, 0.05) is 67.9 Å². The lowest BCUT2D eigenvalue weighted by molar-refractivity contribution is -0.676. The molecule has 0 atom stereocenters. The number of imidazole rings is 3. The third kappa shape index (κ3) is 33.5. The number of anilines is 1. The number of nitrogens with zero attached hydrogens (tertiary/aromatic N) is 3. The van der Waals surface area contributed by atoms with E-state index in [9.17, 15) is 0 Å². The van der Waals surface area contributed by atoms with E-state index in [1.54, 1.807) is 18.9 Å². The zero-order valence-corrected chi connectivity index (χ0v) is 53.9. The lowest BCUT2D eigenvalue weighted by Crippen LogP contribution is -2.40. The maximum absolute atomic E-state index is 5.44. The summed E-state index contributed by atoms with van der Waals surface area (Å²) in [6, 6.07) is 62.1. The van der Waals surface area contributed by atoms with E-state index in [1.165, 1.54) is 73.2 Å². The summed E-state index contributed by atoms with van der Waals surface area (Å²) in [5, 5.41) is 4.58. The number of hydrogen-bond acceptors (Lipinski definition) is 5. The first-order chi connectivity index (χ1) is 39.3. The van der Waals surface area contributed by atoms with Gasteiger partial charge in [-0.05, 0) is 121 Å². The molecule has 16 N–H and O–H groups in total. The molecule has 11 aromatic rings. The Morgan fingerprint density at radius 1 is 0.627 bits per heavy atom. The lowest BCUT2D eigenvalue weighted by atomic mass is 10.1. The van der Waals surface area contributed by atoms with Crippen molar-refractivity contribution < 1.29 is 15.3 Å². The summed E-state index contributed by atoms with van der Waals surface area (Å²) in [5.41, 5.74) is 22.9. The number of aromatic amines is 5. The number of rotatable bonds is 0. The Labute approximate surface area is 512 Å². The first-order valence-electron chi connectivity index (χ1n) is 26.8. The predicted molar refractivity (Wildman–Crippen MR) is 368 cm³/mol. The molecule has 0 unspecified atom stereocenters. The number of para-hydroxylation sites is 3. The summed E-state index contributed by atoms with van der Waals surface area (Å²) in [5.74, 6) is 0. The Balaban J connectivity index is 0. The zero-order valence-electron chi connectivity index (χ0n) is 52.2. The van der Waals surface area contributed by atoms with Gasteiger partial charge >= 0.3 is 0 Å². The highest BCUT2D eigenvalue weighted by molar-refractivity contribution is 7.88. The predicted octanol–water partition coefficient (Wildman–Crippen LogP) is 15.9. The molecule has 0 saturated heterocycles. The minimum absolute atomic E-state index is 0. The topological polar surface area (TPSA) is 218 Å². The number of aromatic nitrogens is 7. The van der Waals surface area contributed by atoms with E-state index < -0.39 is 0 Å². The van der Waals surface area contributed by atoms with Crippen LogP contribution in [0.3, 0.4) is 0 Å². The minimum Gasteiger partial charge on any atom is -0.384 e. The van der Waals surface area contributed by atoms with Crippen LogP contribution in [-0.2, 0) is 31.7 Å². The third-order valence-electron chi connectivity index (χ3n) is 12.0. The summed E-state index contributed by atoms with van der Waals surface area (Å²) in [6.07, 6.45) is 17.1. The van der Waals surface area contributed by atoms with Crippen molar-refractivity contribution in [1.29, 1.82) is 1.12 Å². The van der Waals surface area contributed by atoms with E-state index in [0.717, 1.165) is 35.7 Å². The molecule has 0 fully saturated rings. The fourth-order valence-electron chi connectivity index (χ4n) is 7.07. The van der Waals surface area contributed by atoms with Gasteiger partial charge in [0.25, 0.3) is 0 Å². The molecule has 13 rings (SSSR count). The maximum Gasteiger partial charge on any atom is 0.241 e. The molecule has 0 aliphatic carbocycles. The van der Waals surface area contributed by atoms with Gasteiger partial charge in [0.1, 0.15) is 29.5 Å². The minimum atomic E-state index is 0. The van der Waals surface area contributed by atoms with Crippen molar-refractivity contribution in [3.8, 4) is 0 Å². The number of nitrogens with one attached hydrogen (secondary N) is 6. The van der Waals surface area contributed by atoms with Gasteiger partial charge in [-0.2, -0.15) is 13.4 Å². The highest BCUT2D eigenvalue weighted by Crippen LogP contribution is 2.22. The number of hydrogen-bond donors (Lipinski definition) is 8. The fourth-order valence-corrected chi connectivity index (χ4v) is 7.07. The molecule has 442 valence electrons. The summed E-state index contributed by atoms with van der Waals surface area (Å²) >= 11 is 6.67. The van der Waals surface area contributed by atoms with Crippen molar-refractivity contribution in [2.75, 3.05) is 11.9 Å². The van der Waals surface area contributed by atoms with Gasteiger partial charge in [-0.15, -0.1) is 0 Å². The molecule has 0 amide bonds. The number of fused-ring (bicyclic) bond motifs is 3. The van der Waals surface area contributed by atoms with E-state index in [-0.39, 0.29) is 19.7 Å². The average molecular weight is 1180 g/mol. The van der Waals surface area contributed by atoms with Gasteiger partial charge < -0.3 is 40.7 Å². The van der Waals surface area contributed by atoms with Crippen LogP contribution < -0.4 is 32.9 Å². The molecule has 2 aliphatic heterocycles. The summed E-state index contributed by atoms with van der Waals surface area (Å²) in [7, 11) is 4.56. The van der Waals surface area contributed by atoms with Crippen LogP contribution in [0.4, 0.5) is 17.1 Å². The number of benzene rings is 7. The van der Waals surface area contributed by atoms with Gasteiger partial charge in [0.2, 0.25) is 12.7 Å². The Morgan fingerprint density at radius 3 is 1.60 bits per heavy atom. The number of aryl methyl sites for hydroxylation is 10. The molecular formula is C68H96N12PS2+3. The highest BCUT2D eigenvalue weighted by Gasteiger charge is 2.06. The Morgan fingerprint density at radius 2 is 1.19 bits per heavy atom. The van der Waals surface area contributed by atoms with E-state index in [4.69, 9.17) is 1.12 Å². The summed E-state index contributed by atoms with van der Waals surface area (Å²) in [6.45, 7) is 19.7. The van der Waals surface area contributed by atoms with Crippen LogP contribution in [0, 0.1) is 69.7 Å². The molecule has 7 aromatic carbocycles. The second-order valence-electron chi connectivity index (χ2n) is 18.6. The highest BCUT2D eigenvalue weighted by atomic mass is 32.4. The normalized spacial score (nSPS) is 9.81. The molecule has 2 aliphatic rings. The van der Waals surface area contributed by atoms with Gasteiger partial charge in [-0.1, -0.05) is 180 Å². The van der Waals surface area contributed by atoms with Crippen LogP contribution in [0.5, 0.6) is 0 Å². The monoisotopic (exact) mass is 1180 g/mol. The molecule has 6 heterocycles. The molecule has 12 nitrogen and oxygen atoms in total. The Hall–Kier alpha value is -8.07. The van der Waals surface area contributed by atoms with Crippen molar-refractivity contribution in [2.45, 2.75) is 75.2 Å². The standard InChI is InChI=1S/C8H9N.2C8H7N.2C8H10.C7H9N.C7H8.C5H8N2.2C4H6N2.CH3.2H3N.HPS.H2S/c3*1-2-4-8-7(3-1)5-6-9-8;1-7-4-3-5-8(2)6-7;1-7-5-3-4-6-8(7)2;1-6-4-2-3-5-7(6)8;1-7-5-3-2-4-6-7;1-5-3-6-4-7(5)2;2*1-4-2-5-3-6-4;;;;1-2;/h1-4,9H,5-6H2;1-4,6H,5H2;1-6,9H;2*3-6H,1-2H3;2-5H,8H2,1H3;2-6H,1H3;3-4H,1-2H3;2*2-3H,1H3,(H,5,6);3*1H3;1H;1H2/q;;;;;;;;;;-1;;;;/p+4/i/hD. The van der Waals surface area contributed by atoms with Gasteiger partial charge in [-0.3, -0.25) is 9.98 Å². The van der Waals surface area contributed by atoms with Crippen LogP contribution >= 0.6 is 21.4 Å². The van der Waals surface area contributed by atoms with Crippen LogP contribution in [0.1, 0.15) is 61.6 Å². The van der Waals surface area contributed by atoms with Crippen molar-refractivity contribution >= 4 is 67.4 Å². The van der Waals surface area contributed by atoms with Gasteiger partial charge in [0.05, 0.1) is 20.2 Å². The summed E-state index contributed by atoms with van der Waals surface area (Å²) < 4.78 is 7.47. The Bertz CT molecular complexity index is 3120. The first-order valence-corrected chi connectivity index (χ1v) is 28.0. The van der Waals surface area contributed by atoms with E-state index in [1.807, 2.05) is 123 Å². The maximum atomic E-state index is 5.44. The number of aliphatic imine (C=N–C) groups is 1. The molecule has 83 heavy (non-hydrogen) atoms. The molecular weight excluding hydrogens is 1080 g/mol. The van der Waals surface area contributed by atoms with Crippen molar-refractivity contribution in [3.63, 3.8) is 0 Å². The second kappa shape index (κ2) is 46.5. The second-order valence-corrected chi connectivity index (χ2v) is 18.6. The molecule has 0 bridgehead atoms. The van der Waals surface area contributed by atoms with E-state index >= 15 is 0 Å². The smallest absolute Gasteiger partial charge is 0.241 e. The zero-order chi connectivity index (χ0) is 59.5.